The maximum atomic E-state index is 11.9. The summed E-state index contributed by atoms with van der Waals surface area (Å²) in [5.41, 5.74) is 0.302. The minimum atomic E-state index is -0.734. The number of H-pyrrole nitrogens is 1. The van der Waals surface area contributed by atoms with Crippen LogP contribution in [0.15, 0.2) is 35.1 Å². The van der Waals surface area contributed by atoms with Gasteiger partial charge in [-0.25, -0.2) is 4.79 Å². The molecule has 0 fully saturated rings. The molecule has 0 radical (unpaired) electrons. The van der Waals surface area contributed by atoms with Crippen molar-refractivity contribution in [2.45, 2.75) is 26.3 Å². The maximum absolute atomic E-state index is 11.9. The predicted molar refractivity (Wildman–Crippen MR) is 82.7 cm³/mol. The van der Waals surface area contributed by atoms with Crippen molar-refractivity contribution in [1.82, 2.24) is 10.3 Å². The van der Waals surface area contributed by atoms with E-state index in [1.165, 1.54) is 6.07 Å². The zero-order chi connectivity index (χ0) is 16.1. The molecular weight excluding hydrogens is 284 g/mol. The number of amides is 1. The number of benzene rings is 1. The minimum absolute atomic E-state index is 0.0201. The first-order valence-corrected chi connectivity index (χ1v) is 7.09. The fourth-order valence-electron chi connectivity index (χ4n) is 1.93. The molecule has 1 amide bonds. The highest BCUT2D eigenvalue weighted by Gasteiger charge is 2.13. The summed E-state index contributed by atoms with van der Waals surface area (Å²) < 4.78 is 4.92. The van der Waals surface area contributed by atoms with Gasteiger partial charge in [-0.15, -0.1) is 0 Å². The van der Waals surface area contributed by atoms with Crippen molar-refractivity contribution in [2.75, 3.05) is 6.61 Å². The third-order valence-electron chi connectivity index (χ3n) is 3.31. The summed E-state index contributed by atoms with van der Waals surface area (Å²) in [6.07, 6.45) is 0.789. The summed E-state index contributed by atoms with van der Waals surface area (Å²) >= 11 is 0. The Morgan fingerprint density at radius 1 is 1.32 bits per heavy atom. The minimum Gasteiger partial charge on any atom is -0.451 e. The van der Waals surface area contributed by atoms with E-state index in [4.69, 9.17) is 4.74 Å². The van der Waals surface area contributed by atoms with E-state index in [2.05, 4.69) is 10.3 Å². The molecule has 0 spiro atoms. The molecule has 0 saturated carbocycles. The number of aromatic nitrogens is 1. The van der Waals surface area contributed by atoms with E-state index in [-0.39, 0.29) is 29.7 Å². The van der Waals surface area contributed by atoms with Crippen LogP contribution in [0.1, 0.15) is 30.8 Å². The van der Waals surface area contributed by atoms with Crippen molar-refractivity contribution in [1.29, 1.82) is 0 Å². The molecule has 0 unspecified atom stereocenters. The first-order valence-electron chi connectivity index (χ1n) is 7.09. The Hall–Kier alpha value is -2.63. The molecular formula is C16H18N2O4. The van der Waals surface area contributed by atoms with Crippen LogP contribution in [0.4, 0.5) is 0 Å². The number of rotatable bonds is 5. The number of pyridine rings is 1. The summed E-state index contributed by atoms with van der Waals surface area (Å²) in [6.45, 7) is 3.43. The number of fused-ring (bicyclic) bond motifs is 1. The molecule has 6 nitrogen and oxygen atoms in total. The second-order valence-electron chi connectivity index (χ2n) is 5.05. The van der Waals surface area contributed by atoms with Crippen LogP contribution in [0.25, 0.3) is 10.9 Å². The molecule has 0 aliphatic rings. The molecule has 1 aromatic heterocycles. The zero-order valence-electron chi connectivity index (χ0n) is 12.5. The van der Waals surface area contributed by atoms with Gasteiger partial charge in [0.05, 0.1) is 0 Å². The molecule has 0 aliphatic carbocycles. The van der Waals surface area contributed by atoms with Crippen molar-refractivity contribution in [3.63, 3.8) is 0 Å². The van der Waals surface area contributed by atoms with Crippen molar-refractivity contribution in [3.05, 3.63) is 46.2 Å². The molecule has 2 rings (SSSR count). The number of hydrogen-bond acceptors (Lipinski definition) is 4. The predicted octanol–water partition coefficient (Wildman–Crippen LogP) is 1.60. The number of aromatic amines is 1. The average molecular weight is 302 g/mol. The molecule has 6 heteroatoms. The summed E-state index contributed by atoms with van der Waals surface area (Å²) in [6, 6.07) is 8.07. The summed E-state index contributed by atoms with van der Waals surface area (Å²) in [4.78, 5) is 38.3. The monoisotopic (exact) mass is 302 g/mol. The fraction of sp³-hybridized carbons (Fsp3) is 0.312. The summed E-state index contributed by atoms with van der Waals surface area (Å²) in [5.74, 6) is -1.10. The van der Waals surface area contributed by atoms with E-state index in [0.29, 0.717) is 10.9 Å². The smallest absolute Gasteiger partial charge is 0.355 e. The van der Waals surface area contributed by atoms with Crippen molar-refractivity contribution in [3.8, 4) is 0 Å². The van der Waals surface area contributed by atoms with Crippen molar-refractivity contribution >= 4 is 22.8 Å². The van der Waals surface area contributed by atoms with Gasteiger partial charge in [-0.05, 0) is 25.5 Å². The van der Waals surface area contributed by atoms with Crippen molar-refractivity contribution in [2.24, 2.45) is 0 Å². The lowest BCUT2D eigenvalue weighted by atomic mass is 10.2. The molecule has 2 N–H and O–H groups in total. The third kappa shape index (κ3) is 3.72. The summed E-state index contributed by atoms with van der Waals surface area (Å²) in [7, 11) is 0. The van der Waals surface area contributed by atoms with E-state index < -0.39 is 5.97 Å². The van der Waals surface area contributed by atoms with Gasteiger partial charge in [0.1, 0.15) is 5.69 Å². The van der Waals surface area contributed by atoms with Gasteiger partial charge in [0.2, 0.25) is 0 Å². The maximum Gasteiger partial charge on any atom is 0.355 e. The van der Waals surface area contributed by atoms with Gasteiger partial charge in [-0.2, -0.15) is 0 Å². The Labute approximate surface area is 127 Å². The van der Waals surface area contributed by atoms with E-state index >= 15 is 0 Å². The first-order chi connectivity index (χ1) is 10.5. The number of ether oxygens (including phenoxy) is 1. The van der Waals surface area contributed by atoms with Crippen LogP contribution in [-0.4, -0.2) is 29.5 Å². The van der Waals surface area contributed by atoms with Crippen LogP contribution in [0, 0.1) is 0 Å². The molecule has 1 aromatic carbocycles. The molecule has 22 heavy (non-hydrogen) atoms. The number of para-hydroxylation sites is 1. The van der Waals surface area contributed by atoms with Crippen LogP contribution in [0.3, 0.4) is 0 Å². The average Bonchev–Trinajstić information content (AvgIpc) is 2.52. The highest BCUT2D eigenvalue weighted by Crippen LogP contribution is 2.08. The Morgan fingerprint density at radius 3 is 2.77 bits per heavy atom. The van der Waals surface area contributed by atoms with Gasteiger partial charge in [0.25, 0.3) is 5.91 Å². The third-order valence-corrected chi connectivity index (χ3v) is 3.31. The number of carbonyl (C=O) groups excluding carboxylic acids is 2. The number of esters is 1. The quantitative estimate of drug-likeness (QED) is 0.821. The molecule has 2 aromatic rings. The Kier molecular flexibility index (Phi) is 4.93. The van der Waals surface area contributed by atoms with Gasteiger partial charge in [-0.3, -0.25) is 9.59 Å². The molecule has 1 heterocycles. The Bertz CT molecular complexity index is 751. The zero-order valence-corrected chi connectivity index (χ0v) is 12.5. The second kappa shape index (κ2) is 6.89. The van der Waals surface area contributed by atoms with E-state index in [1.807, 2.05) is 13.8 Å². The van der Waals surface area contributed by atoms with Crippen LogP contribution < -0.4 is 10.7 Å². The molecule has 0 bridgehead atoms. The lowest BCUT2D eigenvalue weighted by Gasteiger charge is -2.11. The Morgan fingerprint density at radius 2 is 2.05 bits per heavy atom. The van der Waals surface area contributed by atoms with E-state index in [9.17, 15) is 14.4 Å². The van der Waals surface area contributed by atoms with E-state index in [1.54, 1.807) is 24.3 Å². The first kappa shape index (κ1) is 15.8. The van der Waals surface area contributed by atoms with Gasteiger partial charge in [0.15, 0.2) is 12.0 Å². The lowest BCUT2D eigenvalue weighted by Crippen LogP contribution is -2.35. The normalized spacial score (nSPS) is 11.9. The van der Waals surface area contributed by atoms with Gasteiger partial charge in [0, 0.05) is 23.0 Å². The van der Waals surface area contributed by atoms with Crippen molar-refractivity contribution < 1.29 is 14.3 Å². The van der Waals surface area contributed by atoms with Crippen LogP contribution in [-0.2, 0) is 9.53 Å². The summed E-state index contributed by atoms with van der Waals surface area (Å²) in [5, 5.41) is 3.18. The number of hydrogen-bond donors (Lipinski definition) is 2. The van der Waals surface area contributed by atoms with Gasteiger partial charge in [-0.1, -0.05) is 19.1 Å². The van der Waals surface area contributed by atoms with Crippen LogP contribution in [0.2, 0.25) is 0 Å². The molecule has 0 saturated heterocycles. The fourth-order valence-corrected chi connectivity index (χ4v) is 1.93. The highest BCUT2D eigenvalue weighted by molar-refractivity contribution is 5.92. The van der Waals surface area contributed by atoms with Gasteiger partial charge < -0.3 is 15.0 Å². The SMILES string of the molecule is CC[C@H](C)NC(=O)COC(=O)c1cc(=O)c2ccccc2[nH]1. The molecule has 116 valence electrons. The van der Waals surface area contributed by atoms with Gasteiger partial charge >= 0.3 is 5.97 Å². The second-order valence-corrected chi connectivity index (χ2v) is 5.05. The van der Waals surface area contributed by atoms with Crippen LogP contribution >= 0.6 is 0 Å². The lowest BCUT2D eigenvalue weighted by molar-refractivity contribution is -0.124. The number of nitrogens with one attached hydrogen (secondary N) is 2. The topological polar surface area (TPSA) is 88.3 Å². The standard InChI is InChI=1S/C16H18N2O4/c1-3-10(2)17-15(20)9-22-16(21)13-8-14(19)11-6-4-5-7-12(11)18-13/h4-8,10H,3,9H2,1-2H3,(H,17,20)(H,18,19)/t10-/m0/s1. The van der Waals surface area contributed by atoms with Crippen LogP contribution in [0.5, 0.6) is 0 Å². The molecule has 0 aliphatic heterocycles. The Balaban J connectivity index is 2.07. The highest BCUT2D eigenvalue weighted by atomic mass is 16.5. The van der Waals surface area contributed by atoms with E-state index in [0.717, 1.165) is 6.42 Å². The molecule has 1 atom stereocenters. The number of carbonyl (C=O) groups is 2. The largest absolute Gasteiger partial charge is 0.451 e.